The molecular formula is C27H33NO4. The second-order valence-corrected chi connectivity index (χ2v) is 10.4. The Morgan fingerprint density at radius 2 is 1.59 bits per heavy atom. The summed E-state index contributed by atoms with van der Waals surface area (Å²) >= 11 is 0. The number of aliphatic hydroxyl groups excluding tert-OH is 1. The van der Waals surface area contributed by atoms with Crippen LogP contribution in [0.5, 0.6) is 5.75 Å². The molecule has 32 heavy (non-hydrogen) atoms. The third kappa shape index (κ3) is 4.43. The number of Topliss-reactive ketones (excluding diaryl/α,β-unsaturated/α-hetero) is 1. The summed E-state index contributed by atoms with van der Waals surface area (Å²) in [5, 5.41) is 10.8. The van der Waals surface area contributed by atoms with Gasteiger partial charge in [-0.05, 0) is 22.6 Å². The number of nitrogens with zero attached hydrogens (tertiary/aromatic N) is 1. The van der Waals surface area contributed by atoms with Gasteiger partial charge in [-0.15, -0.1) is 0 Å². The van der Waals surface area contributed by atoms with Gasteiger partial charge in [-0.3, -0.25) is 9.59 Å². The molecule has 1 N–H and O–H groups in total. The third-order valence-corrected chi connectivity index (χ3v) is 5.86. The van der Waals surface area contributed by atoms with Crippen LogP contribution in [0.3, 0.4) is 0 Å². The maximum absolute atomic E-state index is 13.3. The van der Waals surface area contributed by atoms with Gasteiger partial charge in [0.15, 0.2) is 11.5 Å². The van der Waals surface area contributed by atoms with Crippen LogP contribution in [0.15, 0.2) is 59.9 Å². The van der Waals surface area contributed by atoms with E-state index in [1.54, 1.807) is 32.8 Å². The summed E-state index contributed by atoms with van der Waals surface area (Å²) in [6, 6.07) is 14.7. The van der Waals surface area contributed by atoms with Crippen LogP contribution in [0.4, 0.5) is 0 Å². The van der Waals surface area contributed by atoms with Crippen LogP contribution in [0.1, 0.15) is 64.3 Å². The van der Waals surface area contributed by atoms with Gasteiger partial charge in [0, 0.05) is 11.0 Å². The first-order chi connectivity index (χ1) is 14.9. The molecule has 0 bridgehead atoms. The summed E-state index contributed by atoms with van der Waals surface area (Å²) in [5.41, 5.74) is 2.13. The molecule has 0 radical (unpaired) electrons. The first-order valence-electron chi connectivity index (χ1n) is 10.9. The number of hydrogen-bond acceptors (Lipinski definition) is 4. The lowest BCUT2D eigenvalue weighted by atomic mass is 9.81. The van der Waals surface area contributed by atoms with Gasteiger partial charge in [0.05, 0.1) is 25.3 Å². The summed E-state index contributed by atoms with van der Waals surface area (Å²) < 4.78 is 5.46. The minimum atomic E-state index is -0.742. The predicted octanol–water partition coefficient (Wildman–Crippen LogP) is 5.50. The molecule has 0 spiro atoms. The minimum Gasteiger partial charge on any atom is -0.503 e. The van der Waals surface area contributed by atoms with E-state index >= 15 is 0 Å². The monoisotopic (exact) mass is 435 g/mol. The number of benzene rings is 2. The van der Waals surface area contributed by atoms with Crippen LogP contribution in [0.2, 0.25) is 0 Å². The van der Waals surface area contributed by atoms with Crippen molar-refractivity contribution in [2.24, 2.45) is 5.41 Å². The molecule has 170 valence electrons. The zero-order valence-electron chi connectivity index (χ0n) is 20.0. The number of carbonyl (C=O) groups excluding carboxylic acids is 2. The van der Waals surface area contributed by atoms with E-state index in [0.717, 1.165) is 16.7 Å². The van der Waals surface area contributed by atoms with Crippen LogP contribution in [-0.4, -0.2) is 28.8 Å². The Balaban J connectivity index is 2.12. The molecule has 1 aliphatic heterocycles. The number of carbonyl (C=O) groups is 2. The Bertz CT molecular complexity index is 1050. The van der Waals surface area contributed by atoms with Gasteiger partial charge in [-0.1, -0.05) is 84.0 Å². The summed E-state index contributed by atoms with van der Waals surface area (Å²) in [6.07, 6.45) is 0. The number of ketones is 1. The van der Waals surface area contributed by atoms with Crippen molar-refractivity contribution in [3.63, 3.8) is 0 Å². The highest BCUT2D eigenvalue weighted by molar-refractivity contribution is 6.10. The molecular weight excluding hydrogens is 402 g/mol. The normalized spacial score (nSPS) is 17.2. The maximum Gasteiger partial charge on any atom is 0.290 e. The first kappa shape index (κ1) is 23.6. The van der Waals surface area contributed by atoms with Crippen LogP contribution in [0.25, 0.3) is 0 Å². The lowest BCUT2D eigenvalue weighted by Gasteiger charge is -2.30. The van der Waals surface area contributed by atoms with E-state index in [4.69, 9.17) is 4.74 Å². The standard InChI is InChI=1S/C27H33NO4/c1-26(2,3)19-14-12-17(13-15-19)22-21(24(30)27(4,5)6)23(29)25(31)28(22)16-18-10-8-9-11-20(18)32-7/h8-15,22,29H,16H2,1-7H3. The molecule has 2 aromatic carbocycles. The van der Waals surface area contributed by atoms with E-state index in [9.17, 15) is 14.7 Å². The predicted molar refractivity (Wildman–Crippen MR) is 126 cm³/mol. The van der Waals surface area contributed by atoms with Crippen LogP contribution in [0, 0.1) is 5.41 Å². The molecule has 5 nitrogen and oxygen atoms in total. The van der Waals surface area contributed by atoms with Crippen LogP contribution in [-0.2, 0) is 21.5 Å². The summed E-state index contributed by atoms with van der Waals surface area (Å²) in [6.45, 7) is 12.0. The average Bonchev–Trinajstić information content (AvgIpc) is 2.97. The smallest absolute Gasteiger partial charge is 0.290 e. The van der Waals surface area contributed by atoms with E-state index in [1.807, 2.05) is 48.5 Å². The van der Waals surface area contributed by atoms with Crippen molar-refractivity contribution in [2.45, 2.75) is 59.5 Å². The fraction of sp³-hybridized carbons (Fsp3) is 0.407. The molecule has 0 aliphatic carbocycles. The molecule has 1 atom stereocenters. The van der Waals surface area contributed by atoms with Gasteiger partial charge in [0.2, 0.25) is 0 Å². The highest BCUT2D eigenvalue weighted by Crippen LogP contribution is 2.42. The van der Waals surface area contributed by atoms with E-state index < -0.39 is 23.1 Å². The molecule has 1 amide bonds. The number of para-hydroxylation sites is 1. The van der Waals surface area contributed by atoms with Crippen molar-refractivity contribution in [3.05, 3.63) is 76.6 Å². The topological polar surface area (TPSA) is 66.8 Å². The van der Waals surface area contributed by atoms with Gasteiger partial charge in [-0.25, -0.2) is 0 Å². The van der Waals surface area contributed by atoms with Gasteiger partial charge in [-0.2, -0.15) is 0 Å². The molecule has 1 aliphatic rings. The van der Waals surface area contributed by atoms with Crippen molar-refractivity contribution < 1.29 is 19.4 Å². The maximum atomic E-state index is 13.3. The fourth-order valence-corrected chi connectivity index (χ4v) is 3.98. The number of hydrogen-bond donors (Lipinski definition) is 1. The zero-order valence-corrected chi connectivity index (χ0v) is 20.0. The van der Waals surface area contributed by atoms with E-state index in [2.05, 4.69) is 20.8 Å². The van der Waals surface area contributed by atoms with Crippen LogP contribution >= 0.6 is 0 Å². The largest absolute Gasteiger partial charge is 0.503 e. The van der Waals surface area contributed by atoms with Crippen molar-refractivity contribution in [1.29, 1.82) is 0 Å². The van der Waals surface area contributed by atoms with E-state index in [-0.39, 0.29) is 23.3 Å². The average molecular weight is 436 g/mol. The quantitative estimate of drug-likeness (QED) is 0.673. The molecule has 1 heterocycles. The van der Waals surface area contributed by atoms with E-state index in [1.165, 1.54) is 0 Å². The lowest BCUT2D eigenvalue weighted by Crippen LogP contribution is -2.32. The van der Waals surface area contributed by atoms with Gasteiger partial charge >= 0.3 is 0 Å². The number of rotatable bonds is 5. The molecule has 5 heteroatoms. The number of aliphatic hydroxyl groups is 1. The highest BCUT2D eigenvalue weighted by atomic mass is 16.5. The Morgan fingerprint density at radius 3 is 2.12 bits per heavy atom. The molecule has 0 fully saturated rings. The number of amides is 1. The van der Waals surface area contributed by atoms with Crippen molar-refractivity contribution in [3.8, 4) is 5.75 Å². The molecule has 2 aromatic rings. The molecule has 0 saturated heterocycles. The minimum absolute atomic E-state index is 0.0246. The van der Waals surface area contributed by atoms with Crippen molar-refractivity contribution in [1.82, 2.24) is 4.90 Å². The Kier molecular flexibility index (Phi) is 6.23. The summed E-state index contributed by atoms with van der Waals surface area (Å²) in [5.74, 6) is -0.605. The zero-order chi connectivity index (χ0) is 23.8. The third-order valence-electron chi connectivity index (χ3n) is 5.86. The van der Waals surface area contributed by atoms with Crippen LogP contribution < -0.4 is 4.74 Å². The summed E-state index contributed by atoms with van der Waals surface area (Å²) in [7, 11) is 1.58. The Hall–Kier alpha value is -3.08. The fourth-order valence-electron chi connectivity index (χ4n) is 3.98. The van der Waals surface area contributed by atoms with Gasteiger partial charge < -0.3 is 14.7 Å². The number of methoxy groups -OCH3 is 1. The molecule has 3 rings (SSSR count). The van der Waals surface area contributed by atoms with E-state index in [0.29, 0.717) is 5.75 Å². The van der Waals surface area contributed by atoms with Gasteiger partial charge in [0.1, 0.15) is 5.75 Å². The molecule has 1 unspecified atom stereocenters. The summed E-state index contributed by atoms with van der Waals surface area (Å²) in [4.78, 5) is 28.1. The molecule has 0 aromatic heterocycles. The highest BCUT2D eigenvalue weighted by Gasteiger charge is 2.46. The lowest BCUT2D eigenvalue weighted by molar-refractivity contribution is -0.130. The van der Waals surface area contributed by atoms with Crippen molar-refractivity contribution in [2.75, 3.05) is 7.11 Å². The second kappa shape index (κ2) is 8.45. The van der Waals surface area contributed by atoms with Crippen molar-refractivity contribution >= 4 is 11.7 Å². The second-order valence-electron chi connectivity index (χ2n) is 10.4. The molecule has 0 saturated carbocycles. The number of ether oxygens (including phenoxy) is 1. The first-order valence-corrected chi connectivity index (χ1v) is 10.9. The SMILES string of the molecule is COc1ccccc1CN1C(=O)C(O)=C(C(=O)C(C)(C)C)C1c1ccc(C(C)(C)C)cc1. The Labute approximate surface area is 190 Å². The van der Waals surface area contributed by atoms with Gasteiger partial charge in [0.25, 0.3) is 5.91 Å². The Morgan fingerprint density at radius 1 is 1.00 bits per heavy atom.